The van der Waals surface area contributed by atoms with Crippen molar-refractivity contribution in [1.29, 1.82) is 0 Å². The normalized spacial score (nSPS) is 21.3. The first kappa shape index (κ1) is 18.7. The summed E-state index contributed by atoms with van der Waals surface area (Å²) in [6, 6.07) is 6.89. The molecule has 3 aliphatic rings. The van der Waals surface area contributed by atoms with E-state index < -0.39 is 11.9 Å². The highest BCUT2D eigenvalue weighted by atomic mass is 16.5. The quantitative estimate of drug-likeness (QED) is 0.722. The Morgan fingerprint density at radius 3 is 2.77 bits per heavy atom. The van der Waals surface area contributed by atoms with Gasteiger partial charge in [-0.25, -0.2) is 0 Å². The number of imide groups is 1. The van der Waals surface area contributed by atoms with Crippen LogP contribution < -0.4 is 15.4 Å². The van der Waals surface area contributed by atoms with Gasteiger partial charge in [0.2, 0.25) is 11.8 Å². The van der Waals surface area contributed by atoms with E-state index >= 15 is 0 Å². The minimum absolute atomic E-state index is 0.183. The molecule has 30 heavy (non-hydrogen) atoms. The average molecular weight is 406 g/mol. The van der Waals surface area contributed by atoms with Crippen molar-refractivity contribution in [3.63, 3.8) is 0 Å². The second-order valence-electron chi connectivity index (χ2n) is 7.99. The molecule has 0 saturated carbocycles. The molecular formula is C22H22N4O4. The zero-order chi connectivity index (χ0) is 20.7. The van der Waals surface area contributed by atoms with Crippen LogP contribution in [0.3, 0.4) is 0 Å². The lowest BCUT2D eigenvalue weighted by molar-refractivity contribution is -0.136. The summed E-state index contributed by atoms with van der Waals surface area (Å²) in [7, 11) is 0. The Bertz CT molecular complexity index is 1030. The molecule has 3 aliphatic heterocycles. The van der Waals surface area contributed by atoms with Crippen LogP contribution >= 0.6 is 0 Å². The van der Waals surface area contributed by atoms with E-state index in [-0.39, 0.29) is 18.2 Å². The molecule has 1 atom stereocenters. The predicted octanol–water partition coefficient (Wildman–Crippen LogP) is 1.11. The van der Waals surface area contributed by atoms with Gasteiger partial charge < -0.3 is 15.0 Å². The lowest BCUT2D eigenvalue weighted by Gasteiger charge is -2.29. The summed E-state index contributed by atoms with van der Waals surface area (Å²) in [6.07, 6.45) is 4.30. The Morgan fingerprint density at radius 1 is 1.13 bits per heavy atom. The Labute approximate surface area is 173 Å². The molecule has 2 N–H and O–H groups in total. The van der Waals surface area contributed by atoms with Gasteiger partial charge in [0.05, 0.1) is 0 Å². The predicted molar refractivity (Wildman–Crippen MR) is 107 cm³/mol. The maximum atomic E-state index is 12.8. The minimum atomic E-state index is -0.609. The zero-order valence-corrected chi connectivity index (χ0v) is 16.4. The number of carbonyl (C=O) groups is 3. The number of hydrogen-bond donors (Lipinski definition) is 2. The Morgan fingerprint density at radius 2 is 2.00 bits per heavy atom. The average Bonchev–Trinajstić information content (AvgIpc) is 3.01. The minimum Gasteiger partial charge on any atom is -0.489 e. The number of carbonyl (C=O) groups excluding carboxylic acids is 3. The van der Waals surface area contributed by atoms with Crippen LogP contribution in [0.5, 0.6) is 5.75 Å². The number of benzene rings is 1. The van der Waals surface area contributed by atoms with Gasteiger partial charge in [0.1, 0.15) is 18.4 Å². The van der Waals surface area contributed by atoms with Crippen LogP contribution in [0.1, 0.15) is 45.8 Å². The third kappa shape index (κ3) is 3.43. The number of pyridine rings is 1. The Balaban J connectivity index is 1.26. The summed E-state index contributed by atoms with van der Waals surface area (Å²) in [5.74, 6) is 0.308. The summed E-state index contributed by atoms with van der Waals surface area (Å²) in [6.45, 7) is 2.69. The molecule has 8 nitrogen and oxygen atoms in total. The number of fused-ring (bicyclic) bond motifs is 1. The first-order valence-corrected chi connectivity index (χ1v) is 10.1. The highest BCUT2D eigenvalue weighted by Crippen LogP contribution is 2.30. The van der Waals surface area contributed by atoms with Gasteiger partial charge in [-0.15, -0.1) is 0 Å². The number of nitrogens with one attached hydrogen (secondary N) is 2. The van der Waals surface area contributed by atoms with E-state index in [2.05, 4.69) is 21.7 Å². The number of ether oxygens (including phenoxy) is 1. The summed E-state index contributed by atoms with van der Waals surface area (Å²) in [4.78, 5) is 42.2. The van der Waals surface area contributed by atoms with E-state index in [1.165, 1.54) is 10.5 Å². The molecule has 5 rings (SSSR count). The van der Waals surface area contributed by atoms with Crippen molar-refractivity contribution in [2.45, 2.75) is 38.0 Å². The number of piperidine rings is 1. The SMILES string of the molecule is O=C1CCC(N2Cc3cc(OCc4cncc(C5CNC5)c4)ccc3C2=O)C(=O)N1. The lowest BCUT2D eigenvalue weighted by atomic mass is 9.94. The van der Waals surface area contributed by atoms with Crippen molar-refractivity contribution in [1.82, 2.24) is 20.5 Å². The van der Waals surface area contributed by atoms with Gasteiger partial charge in [0.25, 0.3) is 5.91 Å². The van der Waals surface area contributed by atoms with Crippen molar-refractivity contribution in [2.75, 3.05) is 13.1 Å². The van der Waals surface area contributed by atoms with Gasteiger partial charge in [-0.3, -0.25) is 24.7 Å². The van der Waals surface area contributed by atoms with Crippen molar-refractivity contribution in [2.24, 2.45) is 0 Å². The first-order chi connectivity index (χ1) is 14.6. The van der Waals surface area contributed by atoms with Gasteiger partial charge in [-0.1, -0.05) is 0 Å². The van der Waals surface area contributed by atoms with E-state index in [0.29, 0.717) is 36.8 Å². The molecule has 8 heteroatoms. The van der Waals surface area contributed by atoms with Crippen LogP contribution in [0.25, 0.3) is 0 Å². The largest absolute Gasteiger partial charge is 0.489 e. The third-order valence-corrected chi connectivity index (χ3v) is 5.97. The highest BCUT2D eigenvalue weighted by Gasteiger charge is 2.39. The number of nitrogens with zero attached hydrogens (tertiary/aromatic N) is 2. The van der Waals surface area contributed by atoms with Gasteiger partial charge in [0.15, 0.2) is 0 Å². The summed E-state index contributed by atoms with van der Waals surface area (Å²) in [5, 5.41) is 5.58. The van der Waals surface area contributed by atoms with Crippen LogP contribution in [0.2, 0.25) is 0 Å². The molecule has 1 aromatic carbocycles. The number of amides is 3. The Hall–Kier alpha value is -3.26. The van der Waals surface area contributed by atoms with E-state index in [9.17, 15) is 14.4 Å². The second-order valence-corrected chi connectivity index (χ2v) is 7.99. The second kappa shape index (κ2) is 7.53. The highest BCUT2D eigenvalue weighted by molar-refractivity contribution is 6.05. The van der Waals surface area contributed by atoms with Crippen molar-refractivity contribution in [3.05, 3.63) is 58.9 Å². The molecule has 0 radical (unpaired) electrons. The lowest BCUT2D eigenvalue weighted by Crippen LogP contribution is -2.52. The van der Waals surface area contributed by atoms with Crippen molar-refractivity contribution < 1.29 is 19.1 Å². The maximum absolute atomic E-state index is 12.8. The molecule has 0 bridgehead atoms. The Kier molecular flexibility index (Phi) is 4.71. The number of aromatic nitrogens is 1. The molecule has 4 heterocycles. The van der Waals surface area contributed by atoms with E-state index in [4.69, 9.17) is 4.74 Å². The smallest absolute Gasteiger partial charge is 0.255 e. The molecule has 154 valence electrons. The molecule has 2 aromatic rings. The van der Waals surface area contributed by atoms with E-state index in [1.54, 1.807) is 18.3 Å². The standard InChI is InChI=1S/C22H22N4O4/c27-20-4-3-19(21(28)25-20)26-11-15-6-17(1-2-18(15)22(26)29)30-12-13-5-14(8-23-7-13)16-9-24-10-16/h1-2,5-8,16,19,24H,3-4,9-12H2,(H,25,27,28). The van der Waals surface area contributed by atoms with Crippen LogP contribution in [0.4, 0.5) is 0 Å². The van der Waals surface area contributed by atoms with Gasteiger partial charge >= 0.3 is 0 Å². The molecule has 0 spiro atoms. The maximum Gasteiger partial charge on any atom is 0.255 e. The van der Waals surface area contributed by atoms with Crippen LogP contribution in [-0.4, -0.2) is 46.7 Å². The fourth-order valence-corrected chi connectivity index (χ4v) is 4.14. The van der Waals surface area contributed by atoms with E-state index in [1.807, 2.05) is 12.3 Å². The molecule has 2 fully saturated rings. The first-order valence-electron chi connectivity index (χ1n) is 10.1. The topological polar surface area (TPSA) is 101 Å². The summed E-state index contributed by atoms with van der Waals surface area (Å²) < 4.78 is 5.95. The van der Waals surface area contributed by atoms with Gasteiger partial charge in [0, 0.05) is 55.5 Å². The molecule has 3 amide bonds. The van der Waals surface area contributed by atoms with Crippen LogP contribution in [-0.2, 0) is 22.7 Å². The molecule has 1 unspecified atom stereocenters. The summed E-state index contributed by atoms with van der Waals surface area (Å²) in [5.41, 5.74) is 3.62. The molecule has 2 saturated heterocycles. The van der Waals surface area contributed by atoms with Crippen molar-refractivity contribution in [3.8, 4) is 5.75 Å². The fraction of sp³-hybridized carbons (Fsp3) is 0.364. The fourth-order valence-electron chi connectivity index (χ4n) is 4.14. The third-order valence-electron chi connectivity index (χ3n) is 5.97. The number of rotatable bonds is 5. The van der Waals surface area contributed by atoms with Crippen LogP contribution in [0.15, 0.2) is 36.7 Å². The molecule has 0 aliphatic carbocycles. The summed E-state index contributed by atoms with van der Waals surface area (Å²) >= 11 is 0. The van der Waals surface area contributed by atoms with Crippen LogP contribution in [0, 0.1) is 0 Å². The number of hydrogen-bond acceptors (Lipinski definition) is 6. The zero-order valence-electron chi connectivity index (χ0n) is 16.4. The van der Waals surface area contributed by atoms with Gasteiger partial charge in [-0.2, -0.15) is 0 Å². The molecule has 1 aromatic heterocycles. The van der Waals surface area contributed by atoms with E-state index in [0.717, 1.165) is 24.2 Å². The monoisotopic (exact) mass is 406 g/mol. The van der Waals surface area contributed by atoms with Gasteiger partial charge in [-0.05, 0) is 41.8 Å². The molecular weight excluding hydrogens is 384 g/mol. The van der Waals surface area contributed by atoms with Crippen molar-refractivity contribution >= 4 is 17.7 Å².